The zero-order valence-corrected chi connectivity index (χ0v) is 14.1. The van der Waals surface area contributed by atoms with Crippen LogP contribution < -0.4 is 0 Å². The average molecular weight is 305 g/mol. The average Bonchev–Trinajstić information content (AvgIpc) is 2.42. The van der Waals surface area contributed by atoms with Crippen molar-refractivity contribution >= 4 is 5.97 Å². The highest BCUT2D eigenvalue weighted by atomic mass is 16.7. The first-order valence-electron chi connectivity index (χ1n) is 8.00. The predicted molar refractivity (Wildman–Crippen MR) is 86.4 cm³/mol. The number of phenolic OH excluding ortho intramolecular Hbond substituents is 1. The van der Waals surface area contributed by atoms with Gasteiger partial charge in [-0.3, -0.25) is 4.79 Å². The number of aryl methyl sites for hydroxylation is 1. The summed E-state index contributed by atoms with van der Waals surface area (Å²) in [5.74, 6) is 0.0410. The number of piperidine rings is 1. The van der Waals surface area contributed by atoms with Crippen LogP contribution in [0.3, 0.4) is 0 Å². The number of nitrogens with zero attached hydrogens (tertiary/aromatic N) is 1. The smallest absolute Gasteiger partial charge is 0.325 e. The van der Waals surface area contributed by atoms with Crippen LogP contribution in [-0.4, -0.2) is 27.2 Å². The molecular formula is C18H27NO3. The van der Waals surface area contributed by atoms with Crippen LogP contribution in [-0.2, 0) is 16.1 Å². The highest BCUT2D eigenvalue weighted by molar-refractivity contribution is 5.69. The van der Waals surface area contributed by atoms with E-state index in [4.69, 9.17) is 4.84 Å². The van der Waals surface area contributed by atoms with Gasteiger partial charge in [0.05, 0.1) is 17.5 Å². The van der Waals surface area contributed by atoms with Crippen LogP contribution in [0.25, 0.3) is 0 Å². The summed E-state index contributed by atoms with van der Waals surface area (Å²) < 4.78 is 0. The molecule has 0 unspecified atom stereocenters. The fourth-order valence-corrected chi connectivity index (χ4v) is 3.28. The number of phenols is 1. The van der Waals surface area contributed by atoms with E-state index in [0.29, 0.717) is 12.8 Å². The monoisotopic (exact) mass is 305 g/mol. The van der Waals surface area contributed by atoms with E-state index in [9.17, 15) is 9.90 Å². The normalized spacial score (nSPS) is 20.5. The van der Waals surface area contributed by atoms with Crippen LogP contribution in [0.15, 0.2) is 24.3 Å². The molecule has 1 saturated heterocycles. The van der Waals surface area contributed by atoms with E-state index in [0.717, 1.165) is 24.8 Å². The molecular weight excluding hydrogens is 278 g/mol. The van der Waals surface area contributed by atoms with E-state index in [1.165, 1.54) is 0 Å². The summed E-state index contributed by atoms with van der Waals surface area (Å²) >= 11 is 0. The van der Waals surface area contributed by atoms with Crippen molar-refractivity contribution in [1.82, 2.24) is 5.06 Å². The predicted octanol–water partition coefficient (Wildman–Crippen LogP) is 3.83. The molecule has 1 aliphatic rings. The first-order chi connectivity index (χ1) is 10.2. The lowest BCUT2D eigenvalue weighted by molar-refractivity contribution is -0.265. The zero-order valence-electron chi connectivity index (χ0n) is 14.1. The molecule has 1 aromatic carbocycles. The Balaban J connectivity index is 1.94. The fourth-order valence-electron chi connectivity index (χ4n) is 3.28. The molecule has 4 heteroatoms. The van der Waals surface area contributed by atoms with Crippen molar-refractivity contribution in [1.29, 1.82) is 0 Å². The standard InChI is InChI=1S/C18H27NO3/c1-17(2)12-5-13-18(3,4)19(17)22-16(21)11-8-14-6-9-15(20)10-7-14/h6-7,9-10,20H,5,8,11-13H2,1-4H3. The van der Waals surface area contributed by atoms with Crippen LogP contribution in [0.4, 0.5) is 0 Å². The van der Waals surface area contributed by atoms with Gasteiger partial charge in [0.2, 0.25) is 0 Å². The fraction of sp³-hybridized carbons (Fsp3) is 0.611. The Morgan fingerprint density at radius 1 is 1.14 bits per heavy atom. The SMILES string of the molecule is CC1(C)CCCC(C)(C)N1OC(=O)CCc1ccc(O)cc1. The highest BCUT2D eigenvalue weighted by Gasteiger charge is 2.44. The maximum Gasteiger partial charge on any atom is 0.325 e. The van der Waals surface area contributed by atoms with Crippen molar-refractivity contribution in [3.63, 3.8) is 0 Å². The molecule has 0 saturated carbocycles. The van der Waals surface area contributed by atoms with Crippen molar-refractivity contribution in [3.8, 4) is 5.75 Å². The second-order valence-electron chi connectivity index (χ2n) is 7.40. The molecule has 4 nitrogen and oxygen atoms in total. The lowest BCUT2D eigenvalue weighted by Crippen LogP contribution is -2.58. The summed E-state index contributed by atoms with van der Waals surface area (Å²) in [6.45, 7) is 8.50. The largest absolute Gasteiger partial charge is 0.508 e. The van der Waals surface area contributed by atoms with E-state index in [2.05, 4.69) is 27.7 Å². The lowest BCUT2D eigenvalue weighted by atomic mass is 9.82. The molecule has 1 heterocycles. The number of hydroxylamine groups is 2. The van der Waals surface area contributed by atoms with Crippen LogP contribution in [0.2, 0.25) is 0 Å². The first kappa shape index (κ1) is 16.8. The van der Waals surface area contributed by atoms with Gasteiger partial charge in [-0.25, -0.2) is 0 Å². The Bertz CT molecular complexity index is 504. The highest BCUT2D eigenvalue weighted by Crippen LogP contribution is 2.38. The van der Waals surface area contributed by atoms with Crippen LogP contribution in [0.5, 0.6) is 5.75 Å². The van der Waals surface area contributed by atoms with E-state index >= 15 is 0 Å². The number of carbonyl (C=O) groups is 1. The van der Waals surface area contributed by atoms with Crippen molar-refractivity contribution < 1.29 is 14.7 Å². The summed E-state index contributed by atoms with van der Waals surface area (Å²) in [4.78, 5) is 17.9. The molecule has 0 bridgehead atoms. The number of aromatic hydroxyl groups is 1. The third-order valence-electron chi connectivity index (χ3n) is 4.42. The molecule has 1 N–H and O–H groups in total. The third-order valence-corrected chi connectivity index (χ3v) is 4.42. The Labute approximate surface area is 133 Å². The maximum atomic E-state index is 12.2. The number of carbonyl (C=O) groups excluding carboxylic acids is 1. The molecule has 122 valence electrons. The summed E-state index contributed by atoms with van der Waals surface area (Å²) in [5.41, 5.74) is 0.762. The maximum absolute atomic E-state index is 12.2. The molecule has 0 amide bonds. The van der Waals surface area contributed by atoms with Gasteiger partial charge in [-0.2, -0.15) is 0 Å². The van der Waals surface area contributed by atoms with E-state index < -0.39 is 0 Å². The molecule has 22 heavy (non-hydrogen) atoms. The number of rotatable bonds is 4. The van der Waals surface area contributed by atoms with Gasteiger partial charge in [-0.15, -0.1) is 5.06 Å². The zero-order chi connectivity index (χ0) is 16.4. The molecule has 1 aromatic rings. The summed E-state index contributed by atoms with van der Waals surface area (Å²) in [6, 6.07) is 6.93. The van der Waals surface area contributed by atoms with E-state index in [1.807, 2.05) is 17.2 Å². The van der Waals surface area contributed by atoms with Gasteiger partial charge in [0.15, 0.2) is 0 Å². The topological polar surface area (TPSA) is 49.8 Å². The summed E-state index contributed by atoms with van der Waals surface area (Å²) in [6.07, 6.45) is 4.17. The number of hydrogen-bond acceptors (Lipinski definition) is 4. The molecule has 0 aliphatic carbocycles. The van der Waals surface area contributed by atoms with Gasteiger partial charge in [-0.1, -0.05) is 12.1 Å². The van der Waals surface area contributed by atoms with E-state index in [-0.39, 0.29) is 22.8 Å². The Morgan fingerprint density at radius 2 is 1.68 bits per heavy atom. The molecule has 2 rings (SSSR count). The van der Waals surface area contributed by atoms with E-state index in [1.54, 1.807) is 12.1 Å². The second-order valence-corrected chi connectivity index (χ2v) is 7.40. The number of hydrogen-bond donors (Lipinski definition) is 1. The second kappa shape index (κ2) is 6.29. The Morgan fingerprint density at radius 3 is 2.23 bits per heavy atom. The van der Waals surface area contributed by atoms with Gasteiger partial charge in [0, 0.05) is 0 Å². The summed E-state index contributed by atoms with van der Waals surface area (Å²) in [7, 11) is 0. The minimum atomic E-state index is -0.198. The van der Waals surface area contributed by atoms with Crippen LogP contribution in [0.1, 0.15) is 58.9 Å². The molecule has 0 aromatic heterocycles. The summed E-state index contributed by atoms with van der Waals surface area (Å²) in [5, 5.41) is 11.2. The first-order valence-corrected chi connectivity index (χ1v) is 8.00. The molecule has 0 radical (unpaired) electrons. The van der Waals surface area contributed by atoms with Gasteiger partial charge in [0.1, 0.15) is 5.75 Å². The van der Waals surface area contributed by atoms with Gasteiger partial charge < -0.3 is 9.94 Å². The van der Waals surface area contributed by atoms with Crippen molar-refractivity contribution in [2.75, 3.05) is 0 Å². The molecule has 0 atom stereocenters. The minimum absolute atomic E-state index is 0.129. The van der Waals surface area contributed by atoms with Gasteiger partial charge >= 0.3 is 5.97 Å². The third kappa shape index (κ3) is 4.01. The Kier molecular flexibility index (Phi) is 4.81. The number of benzene rings is 1. The van der Waals surface area contributed by atoms with Crippen molar-refractivity contribution in [3.05, 3.63) is 29.8 Å². The van der Waals surface area contributed by atoms with Gasteiger partial charge in [0.25, 0.3) is 0 Å². The quantitative estimate of drug-likeness (QED) is 0.918. The van der Waals surface area contributed by atoms with Crippen LogP contribution >= 0.6 is 0 Å². The minimum Gasteiger partial charge on any atom is -0.508 e. The van der Waals surface area contributed by atoms with Crippen molar-refractivity contribution in [2.24, 2.45) is 0 Å². The van der Waals surface area contributed by atoms with Crippen LogP contribution in [0, 0.1) is 0 Å². The lowest BCUT2D eigenvalue weighted by Gasteiger charge is -2.50. The molecule has 1 aliphatic heterocycles. The van der Waals surface area contributed by atoms with Gasteiger partial charge in [-0.05, 0) is 71.1 Å². The molecule has 0 spiro atoms. The van der Waals surface area contributed by atoms with Crippen molar-refractivity contribution in [2.45, 2.75) is 70.9 Å². The Hall–Kier alpha value is -1.55. The molecule has 1 fully saturated rings.